The molecule has 0 atom stereocenters. The van der Waals surface area contributed by atoms with Crippen LogP contribution in [0.15, 0.2) is 30.0 Å². The number of nitrogen functional groups attached to an aromatic ring is 1. The largest absolute Gasteiger partial charge is 0.399 e. The van der Waals surface area contributed by atoms with Crippen molar-refractivity contribution >= 4 is 28.9 Å². The highest BCUT2D eigenvalue weighted by Gasteiger charge is 2.11. The number of nitrogens with two attached hydrogens (primary N) is 1. The van der Waals surface area contributed by atoms with Gasteiger partial charge in [-0.1, -0.05) is 11.6 Å². The van der Waals surface area contributed by atoms with Gasteiger partial charge in [0.1, 0.15) is 11.6 Å². The van der Waals surface area contributed by atoms with E-state index in [9.17, 15) is 4.79 Å². The summed E-state index contributed by atoms with van der Waals surface area (Å²) in [5.74, 6) is -0.537. The average Bonchev–Trinajstić information content (AvgIpc) is 2.49. The van der Waals surface area contributed by atoms with Crippen LogP contribution in [-0.2, 0) is 9.53 Å². The predicted molar refractivity (Wildman–Crippen MR) is 91.9 cm³/mol. The van der Waals surface area contributed by atoms with Gasteiger partial charge in [-0.3, -0.25) is 4.79 Å². The van der Waals surface area contributed by atoms with E-state index >= 15 is 0 Å². The summed E-state index contributed by atoms with van der Waals surface area (Å²) in [7, 11) is 0. The molecule has 0 bridgehead atoms. The van der Waals surface area contributed by atoms with Crippen LogP contribution in [0.25, 0.3) is 0 Å². The molecule has 0 radical (unpaired) electrons. The number of nitriles is 1. The maximum atomic E-state index is 12.0. The lowest BCUT2D eigenvalue weighted by atomic mass is 10.2. The van der Waals surface area contributed by atoms with Crippen molar-refractivity contribution in [2.45, 2.75) is 26.4 Å². The van der Waals surface area contributed by atoms with Gasteiger partial charge in [0.05, 0.1) is 16.8 Å². The number of hydrogen-bond donors (Lipinski definition) is 3. The molecule has 0 aliphatic heterocycles. The maximum absolute atomic E-state index is 12.0. The lowest BCUT2D eigenvalue weighted by Gasteiger charge is -2.08. The van der Waals surface area contributed by atoms with Crippen molar-refractivity contribution in [3.05, 3.63) is 35.0 Å². The molecule has 124 valence electrons. The highest BCUT2D eigenvalue weighted by molar-refractivity contribution is 6.34. The number of halogens is 1. The molecule has 7 heteroatoms. The first-order valence-corrected chi connectivity index (χ1v) is 7.63. The second-order valence-corrected chi connectivity index (χ2v) is 5.50. The molecule has 0 saturated heterocycles. The van der Waals surface area contributed by atoms with E-state index in [2.05, 4.69) is 10.6 Å². The fourth-order valence-corrected chi connectivity index (χ4v) is 1.87. The second kappa shape index (κ2) is 9.72. The summed E-state index contributed by atoms with van der Waals surface area (Å²) in [4.78, 5) is 12.0. The Kier molecular flexibility index (Phi) is 7.95. The van der Waals surface area contributed by atoms with Crippen LogP contribution in [0.3, 0.4) is 0 Å². The van der Waals surface area contributed by atoms with Crippen LogP contribution in [0.4, 0.5) is 11.4 Å². The van der Waals surface area contributed by atoms with Crippen molar-refractivity contribution in [3.63, 3.8) is 0 Å². The molecule has 0 saturated carbocycles. The molecule has 1 rings (SSSR count). The Morgan fingerprint density at radius 2 is 2.26 bits per heavy atom. The van der Waals surface area contributed by atoms with Crippen LogP contribution in [0.5, 0.6) is 0 Å². The monoisotopic (exact) mass is 336 g/mol. The van der Waals surface area contributed by atoms with Crippen LogP contribution < -0.4 is 16.4 Å². The number of amides is 1. The fourth-order valence-electron chi connectivity index (χ4n) is 1.64. The van der Waals surface area contributed by atoms with E-state index < -0.39 is 5.91 Å². The number of ether oxygens (including phenoxy) is 1. The van der Waals surface area contributed by atoms with E-state index in [0.717, 1.165) is 6.42 Å². The van der Waals surface area contributed by atoms with E-state index in [1.807, 2.05) is 19.9 Å². The molecule has 1 aromatic rings. The van der Waals surface area contributed by atoms with Crippen LogP contribution >= 0.6 is 11.6 Å². The number of anilines is 2. The second-order valence-electron chi connectivity index (χ2n) is 5.09. The molecule has 4 N–H and O–H groups in total. The third-order valence-corrected chi connectivity index (χ3v) is 3.08. The normalized spacial score (nSPS) is 11.2. The van der Waals surface area contributed by atoms with Crippen LogP contribution in [0, 0.1) is 11.3 Å². The van der Waals surface area contributed by atoms with Crippen molar-refractivity contribution < 1.29 is 9.53 Å². The van der Waals surface area contributed by atoms with E-state index in [1.54, 1.807) is 12.1 Å². The Labute approximate surface area is 141 Å². The summed E-state index contributed by atoms with van der Waals surface area (Å²) in [5, 5.41) is 14.9. The Hall–Kier alpha value is -2.23. The number of benzene rings is 1. The zero-order valence-electron chi connectivity index (χ0n) is 13.2. The topological polar surface area (TPSA) is 100 Å². The standard InChI is InChI=1S/C16H21ClN4O2/c1-11(2)23-7-3-6-20-10-12(9-18)16(22)21-15-5-4-13(19)8-14(15)17/h4-5,8,10-11,20H,3,6-7,19H2,1-2H3,(H,21,22)/b12-10-. The smallest absolute Gasteiger partial charge is 0.267 e. The Morgan fingerprint density at radius 1 is 1.52 bits per heavy atom. The first kappa shape index (κ1) is 18.8. The van der Waals surface area contributed by atoms with E-state index in [0.29, 0.717) is 29.5 Å². The minimum absolute atomic E-state index is 0.0392. The molecule has 0 unspecified atom stereocenters. The number of carbonyl (C=O) groups excluding carboxylic acids is 1. The average molecular weight is 337 g/mol. The van der Waals surface area contributed by atoms with E-state index in [4.69, 9.17) is 27.3 Å². The van der Waals surface area contributed by atoms with Gasteiger partial charge >= 0.3 is 0 Å². The molecular formula is C16H21ClN4O2. The molecule has 0 aliphatic rings. The van der Waals surface area contributed by atoms with Crippen LogP contribution in [-0.4, -0.2) is 25.2 Å². The van der Waals surface area contributed by atoms with Crippen molar-refractivity contribution in [2.24, 2.45) is 0 Å². The summed E-state index contributed by atoms with van der Waals surface area (Å²) in [6.07, 6.45) is 2.35. The van der Waals surface area contributed by atoms with Gasteiger partial charge in [0.15, 0.2) is 0 Å². The number of hydrogen-bond acceptors (Lipinski definition) is 5. The third-order valence-electron chi connectivity index (χ3n) is 2.77. The van der Waals surface area contributed by atoms with Gasteiger partial charge in [-0.05, 0) is 38.5 Å². The molecule has 6 nitrogen and oxygen atoms in total. The molecule has 23 heavy (non-hydrogen) atoms. The molecule has 0 aromatic heterocycles. The molecule has 0 aliphatic carbocycles. The van der Waals surface area contributed by atoms with Crippen molar-refractivity contribution in [1.82, 2.24) is 5.32 Å². The molecule has 0 fully saturated rings. The van der Waals surface area contributed by atoms with Crippen molar-refractivity contribution in [3.8, 4) is 6.07 Å². The van der Waals surface area contributed by atoms with Crippen LogP contribution in [0.1, 0.15) is 20.3 Å². The molecule has 0 spiro atoms. The highest BCUT2D eigenvalue weighted by Crippen LogP contribution is 2.24. The first-order chi connectivity index (χ1) is 10.9. The van der Waals surface area contributed by atoms with Gasteiger partial charge in [0.2, 0.25) is 0 Å². The summed E-state index contributed by atoms with van der Waals surface area (Å²) < 4.78 is 5.39. The van der Waals surface area contributed by atoms with E-state index in [1.165, 1.54) is 12.3 Å². The summed E-state index contributed by atoms with van der Waals surface area (Å²) in [5.41, 5.74) is 6.44. The number of carbonyl (C=O) groups is 1. The lowest BCUT2D eigenvalue weighted by Crippen LogP contribution is -2.18. The summed E-state index contributed by atoms with van der Waals surface area (Å²) in [6, 6.07) is 6.58. The minimum Gasteiger partial charge on any atom is -0.399 e. The van der Waals surface area contributed by atoms with Crippen molar-refractivity contribution in [1.29, 1.82) is 5.26 Å². The maximum Gasteiger partial charge on any atom is 0.267 e. The molecule has 0 heterocycles. The fraction of sp³-hybridized carbons (Fsp3) is 0.375. The minimum atomic E-state index is -0.537. The zero-order chi connectivity index (χ0) is 17.2. The zero-order valence-corrected chi connectivity index (χ0v) is 14.0. The van der Waals surface area contributed by atoms with Gasteiger partial charge in [-0.25, -0.2) is 0 Å². The van der Waals surface area contributed by atoms with Gasteiger partial charge in [0, 0.05) is 25.0 Å². The molecular weight excluding hydrogens is 316 g/mol. The van der Waals surface area contributed by atoms with Gasteiger partial charge in [-0.2, -0.15) is 5.26 Å². The summed E-state index contributed by atoms with van der Waals surface area (Å²) in [6.45, 7) is 5.16. The SMILES string of the molecule is CC(C)OCCCN/C=C(/C#N)C(=O)Nc1ccc(N)cc1Cl. The molecule has 1 amide bonds. The Morgan fingerprint density at radius 3 is 2.87 bits per heavy atom. The van der Waals surface area contributed by atoms with Gasteiger partial charge in [0.25, 0.3) is 5.91 Å². The van der Waals surface area contributed by atoms with Crippen LogP contribution in [0.2, 0.25) is 5.02 Å². The quantitative estimate of drug-likeness (QED) is 0.293. The number of rotatable bonds is 8. The number of nitrogens with zero attached hydrogens (tertiary/aromatic N) is 1. The highest BCUT2D eigenvalue weighted by atomic mass is 35.5. The third kappa shape index (κ3) is 7.04. The van der Waals surface area contributed by atoms with Crippen molar-refractivity contribution in [2.75, 3.05) is 24.2 Å². The lowest BCUT2D eigenvalue weighted by molar-refractivity contribution is -0.112. The van der Waals surface area contributed by atoms with Gasteiger partial charge < -0.3 is 21.1 Å². The summed E-state index contributed by atoms with van der Waals surface area (Å²) >= 11 is 5.98. The van der Waals surface area contributed by atoms with Gasteiger partial charge in [-0.15, -0.1) is 0 Å². The first-order valence-electron chi connectivity index (χ1n) is 7.25. The number of nitrogens with one attached hydrogen (secondary N) is 2. The molecule has 1 aromatic carbocycles. The predicted octanol–water partition coefficient (Wildman–Crippen LogP) is 2.67. The Balaban J connectivity index is 2.51. The van der Waals surface area contributed by atoms with E-state index in [-0.39, 0.29) is 11.7 Å². The Bertz CT molecular complexity index is 609.